The first kappa shape index (κ1) is 11.9. The van der Waals surface area contributed by atoms with Crippen LogP contribution in [0.4, 0.5) is 0 Å². The molecule has 5 heteroatoms. The molecule has 0 atom stereocenters. The van der Waals surface area contributed by atoms with E-state index in [-0.39, 0.29) is 11.5 Å². The first-order valence-corrected chi connectivity index (χ1v) is 6.51. The van der Waals surface area contributed by atoms with Crippen LogP contribution in [0.15, 0.2) is 50.9 Å². The highest BCUT2D eigenvalue weighted by Gasteiger charge is 2.11. The van der Waals surface area contributed by atoms with Gasteiger partial charge in [-0.1, -0.05) is 12.1 Å². The summed E-state index contributed by atoms with van der Waals surface area (Å²) in [6, 6.07) is 10.5. The quantitative estimate of drug-likeness (QED) is 0.697. The van der Waals surface area contributed by atoms with Crippen LogP contribution in [0, 0.1) is 6.92 Å². The van der Waals surface area contributed by atoms with Crippen molar-refractivity contribution in [2.24, 2.45) is 0 Å². The number of aryl methyl sites for hydroxylation is 1. The number of aromatic nitrogens is 1. The van der Waals surface area contributed by atoms with Crippen LogP contribution in [0.5, 0.6) is 11.5 Å². The molecule has 2 aromatic carbocycles. The lowest BCUT2D eigenvalue weighted by Crippen LogP contribution is -1.81. The molecule has 0 saturated carbocycles. The lowest BCUT2D eigenvalue weighted by Gasteiger charge is -2.05. The molecule has 0 aliphatic rings. The number of phenolic OH excluding ortho intramolecular Hbond substituents is 2. The third-order valence-electron chi connectivity index (χ3n) is 2.74. The summed E-state index contributed by atoms with van der Waals surface area (Å²) >= 11 is 1.31. The maximum Gasteiger partial charge on any atom is 0.261 e. The van der Waals surface area contributed by atoms with Gasteiger partial charge in [0.2, 0.25) is 0 Å². The van der Waals surface area contributed by atoms with Gasteiger partial charge in [0.25, 0.3) is 5.22 Å². The molecule has 1 aromatic heterocycles. The van der Waals surface area contributed by atoms with Gasteiger partial charge in [-0.2, -0.15) is 0 Å². The smallest absolute Gasteiger partial charge is 0.261 e. The lowest BCUT2D eigenvalue weighted by atomic mass is 10.2. The van der Waals surface area contributed by atoms with E-state index in [4.69, 9.17) is 4.42 Å². The molecule has 1 heterocycles. The van der Waals surface area contributed by atoms with Crippen LogP contribution in [0.1, 0.15) is 5.56 Å². The van der Waals surface area contributed by atoms with Gasteiger partial charge >= 0.3 is 0 Å². The van der Waals surface area contributed by atoms with Gasteiger partial charge in [0.15, 0.2) is 17.1 Å². The van der Waals surface area contributed by atoms with E-state index < -0.39 is 0 Å². The van der Waals surface area contributed by atoms with Crippen LogP contribution in [-0.2, 0) is 0 Å². The molecule has 0 aliphatic carbocycles. The number of hydrogen-bond acceptors (Lipinski definition) is 5. The number of fused-ring (bicyclic) bond motifs is 1. The Bertz CT molecular complexity index is 719. The minimum absolute atomic E-state index is 0.126. The second-order valence-electron chi connectivity index (χ2n) is 4.16. The summed E-state index contributed by atoms with van der Waals surface area (Å²) in [5.41, 5.74) is 2.37. The molecule has 0 unspecified atom stereocenters. The van der Waals surface area contributed by atoms with E-state index in [9.17, 15) is 10.2 Å². The maximum absolute atomic E-state index is 9.53. The standard InChI is InChI=1S/C14H11NO3S/c1-8-6-10(16)11(17)7-13(8)19-14-15-9-4-2-3-5-12(9)18-14/h2-7,16-17H,1H3. The molecular formula is C14H11NO3S. The van der Waals surface area contributed by atoms with E-state index in [0.717, 1.165) is 21.6 Å². The molecule has 0 amide bonds. The zero-order chi connectivity index (χ0) is 13.4. The van der Waals surface area contributed by atoms with Gasteiger partial charge in [0.05, 0.1) is 0 Å². The molecule has 3 aromatic rings. The second-order valence-corrected chi connectivity index (χ2v) is 5.15. The largest absolute Gasteiger partial charge is 0.504 e. The molecule has 3 rings (SSSR count). The van der Waals surface area contributed by atoms with Gasteiger partial charge in [0.1, 0.15) is 5.52 Å². The topological polar surface area (TPSA) is 66.5 Å². The highest BCUT2D eigenvalue weighted by atomic mass is 32.2. The molecule has 19 heavy (non-hydrogen) atoms. The van der Waals surface area contributed by atoms with Crippen molar-refractivity contribution in [2.45, 2.75) is 17.0 Å². The summed E-state index contributed by atoms with van der Waals surface area (Å²) in [5, 5.41) is 19.4. The molecule has 0 spiro atoms. The first-order valence-electron chi connectivity index (χ1n) is 5.69. The number of aromatic hydroxyl groups is 2. The highest BCUT2D eigenvalue weighted by molar-refractivity contribution is 7.99. The summed E-state index contributed by atoms with van der Waals surface area (Å²) in [5.74, 6) is -0.274. The monoisotopic (exact) mass is 273 g/mol. The van der Waals surface area contributed by atoms with E-state index in [1.54, 1.807) is 0 Å². The van der Waals surface area contributed by atoms with Crippen molar-refractivity contribution >= 4 is 22.9 Å². The number of para-hydroxylation sites is 2. The van der Waals surface area contributed by atoms with Gasteiger partial charge in [-0.15, -0.1) is 0 Å². The maximum atomic E-state index is 9.53. The second kappa shape index (κ2) is 4.51. The highest BCUT2D eigenvalue weighted by Crippen LogP contribution is 2.37. The Kier molecular flexibility index (Phi) is 2.83. The average molecular weight is 273 g/mol. The molecule has 0 saturated heterocycles. The van der Waals surface area contributed by atoms with Gasteiger partial charge in [-0.3, -0.25) is 0 Å². The van der Waals surface area contributed by atoms with Gasteiger partial charge in [-0.25, -0.2) is 4.98 Å². The summed E-state index contributed by atoms with van der Waals surface area (Å²) in [7, 11) is 0. The summed E-state index contributed by atoms with van der Waals surface area (Å²) in [4.78, 5) is 5.15. The van der Waals surface area contributed by atoms with Crippen molar-refractivity contribution in [2.75, 3.05) is 0 Å². The number of oxazole rings is 1. The number of rotatable bonds is 2. The van der Waals surface area contributed by atoms with E-state index in [1.807, 2.05) is 31.2 Å². The predicted molar refractivity (Wildman–Crippen MR) is 72.6 cm³/mol. The van der Waals surface area contributed by atoms with Crippen LogP contribution < -0.4 is 0 Å². The van der Waals surface area contributed by atoms with Crippen LogP contribution >= 0.6 is 11.8 Å². The van der Waals surface area contributed by atoms with Gasteiger partial charge in [0, 0.05) is 4.90 Å². The van der Waals surface area contributed by atoms with Crippen LogP contribution in [0.3, 0.4) is 0 Å². The zero-order valence-corrected chi connectivity index (χ0v) is 10.9. The minimum Gasteiger partial charge on any atom is -0.504 e. The van der Waals surface area contributed by atoms with Crippen LogP contribution in [0.25, 0.3) is 11.1 Å². The van der Waals surface area contributed by atoms with Crippen molar-refractivity contribution in [3.8, 4) is 11.5 Å². The Morgan fingerprint density at radius 1 is 1.11 bits per heavy atom. The molecule has 0 fully saturated rings. The Hall–Kier alpha value is -2.14. The van der Waals surface area contributed by atoms with Crippen LogP contribution in [-0.4, -0.2) is 15.2 Å². The summed E-state index contributed by atoms with van der Waals surface area (Å²) < 4.78 is 5.60. The normalized spacial score (nSPS) is 11.0. The number of phenols is 2. The fraction of sp³-hybridized carbons (Fsp3) is 0.0714. The molecule has 2 N–H and O–H groups in total. The number of benzene rings is 2. The van der Waals surface area contributed by atoms with Gasteiger partial charge in [-0.05, 0) is 48.5 Å². The summed E-state index contributed by atoms with van der Waals surface area (Å²) in [6.07, 6.45) is 0. The van der Waals surface area contributed by atoms with Crippen molar-refractivity contribution in [3.63, 3.8) is 0 Å². The number of nitrogens with zero attached hydrogens (tertiary/aromatic N) is 1. The average Bonchev–Trinajstić information content (AvgIpc) is 2.78. The Balaban J connectivity index is 1.98. The van der Waals surface area contributed by atoms with E-state index in [1.165, 1.54) is 23.9 Å². The minimum atomic E-state index is -0.149. The van der Waals surface area contributed by atoms with Crippen molar-refractivity contribution in [3.05, 3.63) is 42.0 Å². The van der Waals surface area contributed by atoms with Crippen molar-refractivity contribution < 1.29 is 14.6 Å². The molecular weight excluding hydrogens is 262 g/mol. The SMILES string of the molecule is Cc1cc(O)c(O)cc1Sc1nc2ccccc2o1. The van der Waals surface area contributed by atoms with Crippen LogP contribution in [0.2, 0.25) is 0 Å². The molecule has 0 aliphatic heterocycles. The first-order chi connectivity index (χ1) is 9.13. The van der Waals surface area contributed by atoms with Gasteiger partial charge < -0.3 is 14.6 Å². The molecule has 0 radical (unpaired) electrons. The Morgan fingerprint density at radius 3 is 2.63 bits per heavy atom. The third kappa shape index (κ3) is 2.24. The molecule has 96 valence electrons. The van der Waals surface area contributed by atoms with E-state index in [2.05, 4.69) is 4.98 Å². The molecule has 0 bridgehead atoms. The third-order valence-corrected chi connectivity index (χ3v) is 3.75. The predicted octanol–water partition coefficient (Wildman–Crippen LogP) is 3.70. The number of hydrogen-bond donors (Lipinski definition) is 2. The fourth-order valence-corrected chi connectivity index (χ4v) is 2.61. The van der Waals surface area contributed by atoms with E-state index >= 15 is 0 Å². The Morgan fingerprint density at radius 2 is 1.84 bits per heavy atom. The summed E-state index contributed by atoms with van der Waals surface area (Å²) in [6.45, 7) is 1.85. The lowest BCUT2D eigenvalue weighted by molar-refractivity contribution is 0.402. The Labute approximate surface area is 113 Å². The van der Waals surface area contributed by atoms with Crippen molar-refractivity contribution in [1.82, 2.24) is 4.98 Å². The molecule has 4 nitrogen and oxygen atoms in total. The van der Waals surface area contributed by atoms with E-state index in [0.29, 0.717) is 5.22 Å². The van der Waals surface area contributed by atoms with Crippen molar-refractivity contribution in [1.29, 1.82) is 0 Å². The fourth-order valence-electron chi connectivity index (χ4n) is 1.76. The zero-order valence-electron chi connectivity index (χ0n) is 10.1.